The smallest absolute Gasteiger partial charge is 0.316 e. The van der Waals surface area contributed by atoms with Gasteiger partial charge < -0.3 is 4.74 Å². The van der Waals surface area contributed by atoms with E-state index in [0.717, 1.165) is 18.4 Å². The zero-order valence-electron chi connectivity index (χ0n) is 14.1. The standard InChI is InChI=1S/C18H20ClN3O3S/c19-15-12-20-18(21-13-15)25-17-8-6-16(7-9-17)22-26(23,24)11-10-14-4-2-1-3-5-14/h1-5,10-13,16-17,22H,6-9H2/b11-10+. The molecule has 0 aliphatic heterocycles. The van der Waals surface area contributed by atoms with E-state index in [2.05, 4.69) is 14.7 Å². The van der Waals surface area contributed by atoms with E-state index in [4.69, 9.17) is 16.3 Å². The second-order valence-corrected chi connectivity index (χ2v) is 8.19. The van der Waals surface area contributed by atoms with Crippen LogP contribution >= 0.6 is 11.6 Å². The number of hydrogen-bond acceptors (Lipinski definition) is 5. The van der Waals surface area contributed by atoms with Crippen LogP contribution in [0.2, 0.25) is 5.02 Å². The zero-order valence-corrected chi connectivity index (χ0v) is 15.7. The third kappa shape index (κ3) is 5.79. The summed E-state index contributed by atoms with van der Waals surface area (Å²) in [6.07, 6.45) is 7.44. The minimum absolute atomic E-state index is 0.0169. The van der Waals surface area contributed by atoms with Crippen molar-refractivity contribution in [3.8, 4) is 6.01 Å². The Morgan fingerprint density at radius 1 is 1.08 bits per heavy atom. The summed E-state index contributed by atoms with van der Waals surface area (Å²) in [6.45, 7) is 0. The van der Waals surface area contributed by atoms with Crippen molar-refractivity contribution in [2.45, 2.75) is 37.8 Å². The maximum Gasteiger partial charge on any atom is 0.316 e. The number of nitrogens with one attached hydrogen (secondary N) is 1. The van der Waals surface area contributed by atoms with Crippen molar-refractivity contribution in [1.82, 2.24) is 14.7 Å². The van der Waals surface area contributed by atoms with E-state index in [1.165, 1.54) is 17.8 Å². The van der Waals surface area contributed by atoms with E-state index in [-0.39, 0.29) is 12.1 Å². The number of nitrogens with zero attached hydrogens (tertiary/aromatic N) is 2. The lowest BCUT2D eigenvalue weighted by molar-refractivity contribution is 0.132. The molecule has 2 aromatic rings. The molecular weight excluding hydrogens is 374 g/mol. The average molecular weight is 394 g/mol. The molecule has 1 aliphatic carbocycles. The number of benzene rings is 1. The lowest BCUT2D eigenvalue weighted by atomic mass is 9.94. The number of aromatic nitrogens is 2. The maximum absolute atomic E-state index is 12.2. The van der Waals surface area contributed by atoms with E-state index in [1.54, 1.807) is 6.08 Å². The molecule has 3 rings (SSSR count). The molecule has 8 heteroatoms. The molecule has 0 atom stereocenters. The average Bonchev–Trinajstić information content (AvgIpc) is 2.64. The van der Waals surface area contributed by atoms with E-state index in [1.807, 2.05) is 30.3 Å². The van der Waals surface area contributed by atoms with Crippen molar-refractivity contribution >= 4 is 27.7 Å². The molecule has 138 valence electrons. The molecule has 0 bridgehead atoms. The fraction of sp³-hybridized carbons (Fsp3) is 0.333. The van der Waals surface area contributed by atoms with E-state index >= 15 is 0 Å². The Morgan fingerprint density at radius 3 is 2.38 bits per heavy atom. The monoisotopic (exact) mass is 393 g/mol. The Morgan fingerprint density at radius 2 is 1.73 bits per heavy atom. The highest BCUT2D eigenvalue weighted by Gasteiger charge is 2.25. The number of hydrogen-bond donors (Lipinski definition) is 1. The van der Waals surface area contributed by atoms with Crippen LogP contribution in [0.5, 0.6) is 6.01 Å². The highest BCUT2D eigenvalue weighted by atomic mass is 35.5. The van der Waals surface area contributed by atoms with Crippen molar-refractivity contribution in [2.75, 3.05) is 0 Å². The van der Waals surface area contributed by atoms with E-state index < -0.39 is 10.0 Å². The van der Waals surface area contributed by atoms with Gasteiger partial charge in [-0.3, -0.25) is 0 Å². The second kappa shape index (κ2) is 8.62. The van der Waals surface area contributed by atoms with Gasteiger partial charge in [0.25, 0.3) is 0 Å². The van der Waals surface area contributed by atoms with Gasteiger partial charge in [0.15, 0.2) is 0 Å². The maximum atomic E-state index is 12.2. The number of rotatable bonds is 6. The van der Waals surface area contributed by atoms with Crippen LogP contribution in [-0.4, -0.2) is 30.5 Å². The van der Waals surface area contributed by atoms with E-state index in [9.17, 15) is 8.42 Å². The van der Waals surface area contributed by atoms with Crippen molar-refractivity contribution in [2.24, 2.45) is 0 Å². The third-order valence-electron chi connectivity index (χ3n) is 4.11. The fourth-order valence-corrected chi connectivity index (χ4v) is 4.03. The first-order chi connectivity index (χ1) is 12.5. The number of sulfonamides is 1. The summed E-state index contributed by atoms with van der Waals surface area (Å²) in [7, 11) is -3.47. The van der Waals surface area contributed by atoms with Gasteiger partial charge in [-0.05, 0) is 37.3 Å². The van der Waals surface area contributed by atoms with Crippen LogP contribution in [0.25, 0.3) is 6.08 Å². The Balaban J connectivity index is 1.48. The lowest BCUT2D eigenvalue weighted by Crippen LogP contribution is -2.38. The summed E-state index contributed by atoms with van der Waals surface area (Å²) < 4.78 is 32.9. The number of ether oxygens (including phenoxy) is 1. The first-order valence-electron chi connectivity index (χ1n) is 8.40. The summed E-state index contributed by atoms with van der Waals surface area (Å²) >= 11 is 5.75. The Hall–Kier alpha value is -1.96. The van der Waals surface area contributed by atoms with Crippen molar-refractivity contribution in [3.63, 3.8) is 0 Å². The molecule has 1 fully saturated rings. The Labute approximate surface area is 158 Å². The molecule has 6 nitrogen and oxygen atoms in total. The minimum Gasteiger partial charge on any atom is -0.460 e. The highest BCUT2D eigenvalue weighted by molar-refractivity contribution is 7.92. The van der Waals surface area contributed by atoms with Crippen LogP contribution in [0.4, 0.5) is 0 Å². The molecular formula is C18H20ClN3O3S. The van der Waals surface area contributed by atoms with Gasteiger partial charge in [0.2, 0.25) is 10.0 Å². The summed E-state index contributed by atoms with van der Waals surface area (Å²) in [5.74, 6) is 0. The molecule has 0 radical (unpaired) electrons. The highest BCUT2D eigenvalue weighted by Crippen LogP contribution is 2.23. The van der Waals surface area contributed by atoms with Crippen LogP contribution < -0.4 is 9.46 Å². The second-order valence-electron chi connectivity index (χ2n) is 6.15. The summed E-state index contributed by atoms with van der Waals surface area (Å²) in [5, 5.41) is 1.67. The third-order valence-corrected chi connectivity index (χ3v) is 5.46. The number of halogens is 1. The summed E-state index contributed by atoms with van der Waals surface area (Å²) in [4.78, 5) is 8.04. The van der Waals surface area contributed by atoms with Gasteiger partial charge in [0, 0.05) is 11.4 Å². The van der Waals surface area contributed by atoms with Crippen LogP contribution in [0.1, 0.15) is 31.2 Å². The molecule has 1 aromatic heterocycles. The molecule has 0 saturated heterocycles. The van der Waals surface area contributed by atoms with Gasteiger partial charge in [0.05, 0.1) is 17.4 Å². The predicted octanol–water partition coefficient (Wildman–Crippen LogP) is 3.41. The molecule has 1 N–H and O–H groups in total. The summed E-state index contributed by atoms with van der Waals surface area (Å²) in [6, 6.07) is 9.53. The van der Waals surface area contributed by atoms with Gasteiger partial charge in [-0.15, -0.1) is 0 Å². The van der Waals surface area contributed by atoms with E-state index in [0.29, 0.717) is 23.9 Å². The SMILES string of the molecule is O=S(=O)(/C=C/c1ccccc1)NC1CCC(Oc2ncc(Cl)cn2)CC1. The summed E-state index contributed by atoms with van der Waals surface area (Å²) in [5.41, 5.74) is 0.845. The lowest BCUT2D eigenvalue weighted by Gasteiger charge is -2.28. The molecule has 0 amide bonds. The quantitative estimate of drug-likeness (QED) is 0.813. The predicted molar refractivity (Wildman–Crippen MR) is 101 cm³/mol. The van der Waals surface area contributed by atoms with Crippen molar-refractivity contribution in [3.05, 3.63) is 58.7 Å². The fourth-order valence-electron chi connectivity index (χ4n) is 2.81. The molecule has 1 aromatic carbocycles. The molecule has 0 spiro atoms. The van der Waals surface area contributed by atoms with Crippen LogP contribution in [0.3, 0.4) is 0 Å². The zero-order chi connectivity index (χ0) is 18.4. The van der Waals surface area contributed by atoms with Gasteiger partial charge >= 0.3 is 6.01 Å². The molecule has 1 saturated carbocycles. The molecule has 0 unspecified atom stereocenters. The largest absolute Gasteiger partial charge is 0.460 e. The van der Waals surface area contributed by atoms with Gasteiger partial charge in [-0.25, -0.2) is 23.1 Å². The van der Waals surface area contributed by atoms with Crippen LogP contribution in [0.15, 0.2) is 48.1 Å². The Bertz CT molecular complexity index is 834. The minimum atomic E-state index is -3.47. The first kappa shape index (κ1) is 18.8. The van der Waals surface area contributed by atoms with Gasteiger partial charge in [0.1, 0.15) is 6.10 Å². The van der Waals surface area contributed by atoms with Gasteiger partial charge in [-0.2, -0.15) is 0 Å². The van der Waals surface area contributed by atoms with Crippen LogP contribution in [-0.2, 0) is 10.0 Å². The molecule has 1 aliphatic rings. The Kier molecular flexibility index (Phi) is 6.24. The van der Waals surface area contributed by atoms with Crippen molar-refractivity contribution < 1.29 is 13.2 Å². The van der Waals surface area contributed by atoms with Gasteiger partial charge in [-0.1, -0.05) is 41.9 Å². The van der Waals surface area contributed by atoms with Crippen molar-refractivity contribution in [1.29, 1.82) is 0 Å². The molecule has 26 heavy (non-hydrogen) atoms. The normalized spacial score (nSPS) is 21.0. The topological polar surface area (TPSA) is 81.2 Å². The first-order valence-corrected chi connectivity index (χ1v) is 10.3. The van der Waals surface area contributed by atoms with Crippen LogP contribution in [0, 0.1) is 0 Å². The molecule has 1 heterocycles.